The summed E-state index contributed by atoms with van der Waals surface area (Å²) in [5.41, 5.74) is 2.05. The maximum Gasteiger partial charge on any atom is 0.115 e. The maximum atomic E-state index is 9.27. The van der Waals surface area contributed by atoms with Crippen LogP contribution in [0.2, 0.25) is 0 Å². The van der Waals surface area contributed by atoms with E-state index in [9.17, 15) is 5.11 Å². The molecule has 0 amide bonds. The molecule has 1 aromatic carbocycles. The van der Waals surface area contributed by atoms with E-state index in [1.165, 1.54) is 0 Å². The topological polar surface area (TPSA) is 38.0 Å². The summed E-state index contributed by atoms with van der Waals surface area (Å²) in [6.07, 6.45) is 1.93. The molecule has 3 heteroatoms. The van der Waals surface area contributed by atoms with Gasteiger partial charge in [-0.2, -0.15) is 5.10 Å². The van der Waals surface area contributed by atoms with E-state index in [0.717, 1.165) is 11.3 Å². The molecule has 0 aliphatic heterocycles. The molecule has 0 bridgehead atoms. The van der Waals surface area contributed by atoms with E-state index in [-0.39, 0.29) is 0 Å². The lowest BCUT2D eigenvalue weighted by Crippen LogP contribution is -1.99. The molecule has 3 nitrogen and oxygen atoms in total. The molecule has 0 unspecified atom stereocenters. The highest BCUT2D eigenvalue weighted by Crippen LogP contribution is 2.11. The quantitative estimate of drug-likeness (QED) is 0.782. The predicted molar refractivity (Wildman–Crippen MR) is 54.2 cm³/mol. The molecule has 1 N–H and O–H groups in total. The summed E-state index contributed by atoms with van der Waals surface area (Å²) in [6.45, 7) is 2.65. The van der Waals surface area contributed by atoms with Crippen LogP contribution in [0.4, 0.5) is 0 Å². The van der Waals surface area contributed by atoms with Crippen LogP contribution in [0.3, 0.4) is 0 Å². The zero-order valence-corrected chi connectivity index (χ0v) is 8.01. The lowest BCUT2D eigenvalue weighted by molar-refractivity contribution is 0.474. The minimum absolute atomic E-state index is 0.298. The van der Waals surface area contributed by atoms with Crippen molar-refractivity contribution in [3.8, 4) is 5.75 Å². The molecular weight excluding hydrogens is 176 g/mol. The van der Waals surface area contributed by atoms with Gasteiger partial charge in [0.2, 0.25) is 0 Å². The zero-order chi connectivity index (χ0) is 9.97. The summed E-state index contributed by atoms with van der Waals surface area (Å²) in [5, 5.41) is 13.5. The van der Waals surface area contributed by atoms with Crippen molar-refractivity contribution in [2.24, 2.45) is 0 Å². The number of hydrogen-bond donors (Lipinski definition) is 1. The first-order valence-corrected chi connectivity index (χ1v) is 4.52. The first kappa shape index (κ1) is 8.81. The van der Waals surface area contributed by atoms with Crippen molar-refractivity contribution in [3.05, 3.63) is 47.8 Å². The Morgan fingerprint density at radius 2 is 2.21 bits per heavy atom. The second-order valence-electron chi connectivity index (χ2n) is 3.32. The molecule has 0 aliphatic carbocycles. The summed E-state index contributed by atoms with van der Waals surface area (Å²) in [4.78, 5) is 0. The first-order valence-electron chi connectivity index (χ1n) is 4.52. The number of hydrogen-bond acceptors (Lipinski definition) is 2. The van der Waals surface area contributed by atoms with Gasteiger partial charge in [0, 0.05) is 6.20 Å². The van der Waals surface area contributed by atoms with Crippen LogP contribution in [0.1, 0.15) is 11.3 Å². The number of phenols is 1. The number of phenolic OH excluding ortho intramolecular Hbond substituents is 1. The van der Waals surface area contributed by atoms with Crippen LogP contribution in [0, 0.1) is 6.92 Å². The van der Waals surface area contributed by atoms with Crippen molar-refractivity contribution < 1.29 is 5.11 Å². The lowest BCUT2D eigenvalue weighted by Gasteiger charge is -2.01. The van der Waals surface area contributed by atoms with Gasteiger partial charge < -0.3 is 5.11 Å². The third-order valence-electron chi connectivity index (χ3n) is 2.03. The van der Waals surface area contributed by atoms with Crippen LogP contribution in [-0.4, -0.2) is 14.9 Å². The molecule has 0 spiro atoms. The van der Waals surface area contributed by atoms with Crippen LogP contribution < -0.4 is 0 Å². The molecule has 0 fully saturated rings. The summed E-state index contributed by atoms with van der Waals surface area (Å²) < 4.78 is 1.85. The Hall–Kier alpha value is -1.77. The molecule has 0 aliphatic rings. The molecule has 2 rings (SSSR count). The van der Waals surface area contributed by atoms with Gasteiger partial charge in [0.25, 0.3) is 0 Å². The molecule has 0 saturated carbocycles. The summed E-state index contributed by atoms with van der Waals surface area (Å²) >= 11 is 0. The Morgan fingerprint density at radius 3 is 2.86 bits per heavy atom. The fourth-order valence-corrected chi connectivity index (χ4v) is 1.39. The average Bonchev–Trinajstić information content (AvgIpc) is 2.51. The molecule has 0 saturated heterocycles. The van der Waals surface area contributed by atoms with E-state index in [4.69, 9.17) is 0 Å². The maximum absolute atomic E-state index is 9.27. The van der Waals surface area contributed by atoms with Gasteiger partial charge >= 0.3 is 0 Å². The first-order chi connectivity index (χ1) is 6.74. The number of aryl methyl sites for hydroxylation is 1. The number of nitrogens with zero attached hydrogens (tertiary/aromatic N) is 2. The fraction of sp³-hybridized carbons (Fsp3) is 0.182. The summed E-state index contributed by atoms with van der Waals surface area (Å²) in [5.74, 6) is 0.298. The van der Waals surface area contributed by atoms with E-state index in [0.29, 0.717) is 12.3 Å². The minimum atomic E-state index is 0.298. The standard InChI is InChI=1S/C11H12N2O/c1-9-5-6-13(12-9)8-10-3-2-4-11(14)7-10/h2-7,14H,8H2,1H3. The van der Waals surface area contributed by atoms with Crippen molar-refractivity contribution >= 4 is 0 Å². The molecule has 0 radical (unpaired) electrons. The zero-order valence-electron chi connectivity index (χ0n) is 8.01. The molecule has 2 aromatic rings. The Kier molecular flexibility index (Phi) is 2.23. The van der Waals surface area contributed by atoms with Crippen molar-refractivity contribution in [2.45, 2.75) is 13.5 Å². The highest BCUT2D eigenvalue weighted by Gasteiger charge is 1.97. The smallest absolute Gasteiger partial charge is 0.115 e. The third-order valence-corrected chi connectivity index (χ3v) is 2.03. The van der Waals surface area contributed by atoms with Gasteiger partial charge in [0.15, 0.2) is 0 Å². The number of rotatable bonds is 2. The Morgan fingerprint density at radius 1 is 1.36 bits per heavy atom. The third kappa shape index (κ3) is 1.93. The van der Waals surface area contributed by atoms with E-state index in [1.54, 1.807) is 12.1 Å². The van der Waals surface area contributed by atoms with Gasteiger partial charge in [0.1, 0.15) is 5.75 Å². The van der Waals surface area contributed by atoms with Gasteiger partial charge in [-0.15, -0.1) is 0 Å². The SMILES string of the molecule is Cc1ccn(Cc2cccc(O)c2)n1. The van der Waals surface area contributed by atoms with E-state index in [1.807, 2.05) is 36.0 Å². The second kappa shape index (κ2) is 3.54. The Labute approximate surface area is 82.6 Å². The number of aromatic nitrogens is 2. The van der Waals surface area contributed by atoms with Crippen LogP contribution in [0.25, 0.3) is 0 Å². The number of benzene rings is 1. The highest BCUT2D eigenvalue weighted by atomic mass is 16.3. The van der Waals surface area contributed by atoms with Crippen LogP contribution >= 0.6 is 0 Å². The van der Waals surface area contributed by atoms with Crippen molar-refractivity contribution in [3.63, 3.8) is 0 Å². The number of aromatic hydroxyl groups is 1. The molecule has 1 aromatic heterocycles. The van der Waals surface area contributed by atoms with Crippen LogP contribution in [-0.2, 0) is 6.54 Å². The van der Waals surface area contributed by atoms with Crippen molar-refractivity contribution in [1.82, 2.24) is 9.78 Å². The molecule has 14 heavy (non-hydrogen) atoms. The van der Waals surface area contributed by atoms with E-state index < -0.39 is 0 Å². The van der Waals surface area contributed by atoms with Gasteiger partial charge in [-0.3, -0.25) is 4.68 Å². The fourth-order valence-electron chi connectivity index (χ4n) is 1.39. The van der Waals surface area contributed by atoms with Crippen LogP contribution in [0.5, 0.6) is 5.75 Å². The molecule has 72 valence electrons. The van der Waals surface area contributed by atoms with Gasteiger partial charge in [-0.1, -0.05) is 12.1 Å². The predicted octanol–water partition coefficient (Wildman–Crippen LogP) is 1.95. The summed E-state index contributed by atoms with van der Waals surface area (Å²) in [6, 6.07) is 9.18. The molecule has 1 heterocycles. The van der Waals surface area contributed by atoms with E-state index >= 15 is 0 Å². The molecular formula is C11H12N2O. The second-order valence-corrected chi connectivity index (χ2v) is 3.32. The molecule has 0 atom stereocenters. The Balaban J connectivity index is 2.18. The van der Waals surface area contributed by atoms with Gasteiger partial charge in [-0.25, -0.2) is 0 Å². The van der Waals surface area contributed by atoms with Gasteiger partial charge in [-0.05, 0) is 30.7 Å². The van der Waals surface area contributed by atoms with Crippen molar-refractivity contribution in [1.29, 1.82) is 0 Å². The summed E-state index contributed by atoms with van der Waals surface area (Å²) in [7, 11) is 0. The minimum Gasteiger partial charge on any atom is -0.508 e. The monoisotopic (exact) mass is 188 g/mol. The van der Waals surface area contributed by atoms with Gasteiger partial charge in [0.05, 0.1) is 12.2 Å². The average molecular weight is 188 g/mol. The Bertz CT molecular complexity index is 434. The highest BCUT2D eigenvalue weighted by molar-refractivity contribution is 5.27. The van der Waals surface area contributed by atoms with Crippen molar-refractivity contribution in [2.75, 3.05) is 0 Å². The largest absolute Gasteiger partial charge is 0.508 e. The van der Waals surface area contributed by atoms with E-state index in [2.05, 4.69) is 5.10 Å². The lowest BCUT2D eigenvalue weighted by atomic mass is 10.2. The normalized spacial score (nSPS) is 10.4. The van der Waals surface area contributed by atoms with Crippen LogP contribution in [0.15, 0.2) is 36.5 Å².